The van der Waals surface area contributed by atoms with E-state index in [9.17, 15) is 0 Å². The van der Waals surface area contributed by atoms with Crippen molar-refractivity contribution in [2.24, 2.45) is 5.73 Å². The molecule has 0 amide bonds. The molecular weight excluding hydrogens is 228 g/mol. The maximum atomic E-state index is 5.89. The number of aromatic nitrogens is 4. The van der Waals surface area contributed by atoms with Crippen molar-refractivity contribution in [3.63, 3.8) is 0 Å². The highest BCUT2D eigenvalue weighted by Crippen LogP contribution is 2.19. The van der Waals surface area contributed by atoms with Crippen molar-refractivity contribution >= 4 is 5.95 Å². The number of hydrogen-bond donors (Lipinski definition) is 2. The first-order chi connectivity index (χ1) is 8.83. The fourth-order valence-electron chi connectivity index (χ4n) is 2.13. The Morgan fingerprint density at radius 3 is 2.89 bits per heavy atom. The number of nitrogens with zero attached hydrogens (tertiary/aromatic N) is 4. The Hall–Kier alpha value is -1.95. The SMILES string of the molecule is NC1CCN(c2n[nH]c(-c3cccnc3)n2)CC1. The lowest BCUT2D eigenvalue weighted by molar-refractivity contribution is 0.496. The average molecular weight is 244 g/mol. The van der Waals surface area contributed by atoms with E-state index in [1.54, 1.807) is 12.4 Å². The Balaban J connectivity index is 1.78. The predicted molar refractivity (Wildman–Crippen MR) is 69.0 cm³/mol. The minimum absolute atomic E-state index is 0.318. The van der Waals surface area contributed by atoms with Crippen LogP contribution >= 0.6 is 0 Å². The summed E-state index contributed by atoms with van der Waals surface area (Å²) >= 11 is 0. The monoisotopic (exact) mass is 244 g/mol. The Morgan fingerprint density at radius 2 is 2.17 bits per heavy atom. The van der Waals surface area contributed by atoms with Crippen LogP contribution in [0.15, 0.2) is 24.5 Å². The van der Waals surface area contributed by atoms with E-state index in [2.05, 4.69) is 25.1 Å². The van der Waals surface area contributed by atoms with Gasteiger partial charge < -0.3 is 10.6 Å². The second-order valence-corrected chi connectivity index (χ2v) is 4.55. The van der Waals surface area contributed by atoms with E-state index < -0.39 is 0 Å². The van der Waals surface area contributed by atoms with Gasteiger partial charge >= 0.3 is 0 Å². The van der Waals surface area contributed by atoms with Crippen LogP contribution in [0.1, 0.15) is 12.8 Å². The molecule has 94 valence electrons. The molecule has 6 heteroatoms. The van der Waals surface area contributed by atoms with Crippen LogP contribution in [0.3, 0.4) is 0 Å². The first-order valence-electron chi connectivity index (χ1n) is 6.16. The Kier molecular flexibility index (Phi) is 2.93. The normalized spacial score (nSPS) is 17.1. The Bertz CT molecular complexity index is 500. The molecule has 3 rings (SSSR count). The molecule has 0 unspecified atom stereocenters. The zero-order chi connectivity index (χ0) is 12.4. The number of nitrogens with one attached hydrogen (secondary N) is 1. The summed E-state index contributed by atoms with van der Waals surface area (Å²) in [7, 11) is 0. The molecule has 0 saturated carbocycles. The summed E-state index contributed by atoms with van der Waals surface area (Å²) in [6, 6.07) is 4.17. The maximum absolute atomic E-state index is 5.89. The highest BCUT2D eigenvalue weighted by Gasteiger charge is 2.19. The minimum Gasteiger partial charge on any atom is -0.339 e. The van der Waals surface area contributed by atoms with E-state index in [1.165, 1.54) is 0 Å². The number of anilines is 1. The predicted octanol–water partition coefficient (Wildman–Crippen LogP) is 0.794. The number of piperidine rings is 1. The van der Waals surface area contributed by atoms with Crippen LogP contribution in [0.25, 0.3) is 11.4 Å². The summed E-state index contributed by atoms with van der Waals surface area (Å²) in [4.78, 5) is 10.7. The molecule has 1 saturated heterocycles. The number of pyridine rings is 1. The number of rotatable bonds is 2. The molecular formula is C12H16N6. The highest BCUT2D eigenvalue weighted by atomic mass is 15.4. The third-order valence-electron chi connectivity index (χ3n) is 3.23. The van der Waals surface area contributed by atoms with E-state index in [1.807, 2.05) is 12.1 Å². The van der Waals surface area contributed by atoms with Crippen LogP contribution in [0.4, 0.5) is 5.95 Å². The fraction of sp³-hybridized carbons (Fsp3) is 0.417. The fourth-order valence-corrected chi connectivity index (χ4v) is 2.13. The van der Waals surface area contributed by atoms with E-state index >= 15 is 0 Å². The van der Waals surface area contributed by atoms with Gasteiger partial charge in [-0.2, -0.15) is 4.98 Å². The molecule has 0 bridgehead atoms. The van der Waals surface area contributed by atoms with Crippen molar-refractivity contribution in [3.05, 3.63) is 24.5 Å². The molecule has 6 nitrogen and oxygen atoms in total. The lowest BCUT2D eigenvalue weighted by Gasteiger charge is -2.28. The Labute approximate surface area is 105 Å². The molecule has 2 aromatic rings. The number of hydrogen-bond acceptors (Lipinski definition) is 5. The van der Waals surface area contributed by atoms with E-state index in [-0.39, 0.29) is 0 Å². The van der Waals surface area contributed by atoms with Crippen molar-refractivity contribution in [2.45, 2.75) is 18.9 Å². The molecule has 0 spiro atoms. The van der Waals surface area contributed by atoms with Crippen molar-refractivity contribution in [2.75, 3.05) is 18.0 Å². The van der Waals surface area contributed by atoms with Crippen molar-refractivity contribution in [1.82, 2.24) is 20.2 Å². The molecule has 1 aliphatic heterocycles. The van der Waals surface area contributed by atoms with Crippen LogP contribution in [0.5, 0.6) is 0 Å². The minimum atomic E-state index is 0.318. The maximum Gasteiger partial charge on any atom is 0.245 e. The molecule has 0 aromatic carbocycles. The van der Waals surface area contributed by atoms with Crippen LogP contribution in [0, 0.1) is 0 Å². The first-order valence-corrected chi connectivity index (χ1v) is 6.16. The summed E-state index contributed by atoms with van der Waals surface area (Å²) in [6.45, 7) is 1.84. The number of nitrogens with two attached hydrogens (primary N) is 1. The smallest absolute Gasteiger partial charge is 0.245 e. The van der Waals surface area contributed by atoms with Crippen molar-refractivity contribution in [1.29, 1.82) is 0 Å². The lowest BCUT2D eigenvalue weighted by atomic mass is 10.1. The van der Waals surface area contributed by atoms with Gasteiger partial charge in [0.2, 0.25) is 5.95 Å². The van der Waals surface area contributed by atoms with Gasteiger partial charge in [-0.25, -0.2) is 0 Å². The largest absolute Gasteiger partial charge is 0.339 e. The Morgan fingerprint density at radius 1 is 1.33 bits per heavy atom. The third-order valence-corrected chi connectivity index (χ3v) is 3.23. The van der Waals surface area contributed by atoms with Crippen LogP contribution in [-0.2, 0) is 0 Å². The van der Waals surface area contributed by atoms with E-state index in [0.29, 0.717) is 6.04 Å². The van der Waals surface area contributed by atoms with Gasteiger partial charge in [0, 0.05) is 37.1 Å². The molecule has 1 aliphatic rings. The van der Waals surface area contributed by atoms with Gasteiger partial charge in [0.1, 0.15) is 0 Å². The summed E-state index contributed by atoms with van der Waals surface area (Å²) in [6.07, 6.45) is 5.51. The highest BCUT2D eigenvalue weighted by molar-refractivity contribution is 5.54. The summed E-state index contributed by atoms with van der Waals surface area (Å²) in [5.41, 5.74) is 6.84. The van der Waals surface area contributed by atoms with E-state index in [0.717, 1.165) is 43.3 Å². The topological polar surface area (TPSA) is 83.7 Å². The zero-order valence-corrected chi connectivity index (χ0v) is 10.1. The van der Waals surface area contributed by atoms with Gasteiger partial charge in [0.15, 0.2) is 5.82 Å². The summed E-state index contributed by atoms with van der Waals surface area (Å²) in [5, 5.41) is 7.22. The van der Waals surface area contributed by atoms with Crippen LogP contribution < -0.4 is 10.6 Å². The van der Waals surface area contributed by atoms with Crippen LogP contribution in [0.2, 0.25) is 0 Å². The quantitative estimate of drug-likeness (QED) is 0.816. The number of aromatic amines is 1. The number of H-pyrrole nitrogens is 1. The van der Waals surface area contributed by atoms with Gasteiger partial charge in [0.05, 0.1) is 0 Å². The average Bonchev–Trinajstić information content (AvgIpc) is 2.90. The molecule has 3 heterocycles. The van der Waals surface area contributed by atoms with E-state index in [4.69, 9.17) is 5.73 Å². The molecule has 0 aliphatic carbocycles. The van der Waals surface area contributed by atoms with Gasteiger partial charge in [-0.05, 0) is 25.0 Å². The van der Waals surface area contributed by atoms with Gasteiger partial charge in [-0.15, -0.1) is 5.10 Å². The first kappa shape index (κ1) is 11.2. The molecule has 2 aromatic heterocycles. The molecule has 0 atom stereocenters. The second-order valence-electron chi connectivity index (χ2n) is 4.55. The summed E-state index contributed by atoms with van der Waals surface area (Å²) in [5.74, 6) is 1.51. The van der Waals surface area contributed by atoms with Crippen LogP contribution in [-0.4, -0.2) is 39.3 Å². The standard InChI is InChI=1S/C12H16N6/c13-10-3-6-18(7-4-10)12-15-11(16-17-12)9-2-1-5-14-8-9/h1-2,5,8,10H,3-4,6-7,13H2,(H,15,16,17). The van der Waals surface area contributed by atoms with Gasteiger partial charge in [-0.1, -0.05) is 0 Å². The second kappa shape index (κ2) is 4.73. The molecule has 18 heavy (non-hydrogen) atoms. The zero-order valence-electron chi connectivity index (χ0n) is 10.1. The van der Waals surface area contributed by atoms with Gasteiger partial charge in [0.25, 0.3) is 0 Å². The van der Waals surface area contributed by atoms with Gasteiger partial charge in [-0.3, -0.25) is 10.1 Å². The van der Waals surface area contributed by atoms with Crippen molar-refractivity contribution < 1.29 is 0 Å². The molecule has 3 N–H and O–H groups in total. The third kappa shape index (κ3) is 2.19. The summed E-state index contributed by atoms with van der Waals surface area (Å²) < 4.78 is 0. The lowest BCUT2D eigenvalue weighted by Crippen LogP contribution is -2.40. The van der Waals surface area contributed by atoms with Crippen molar-refractivity contribution in [3.8, 4) is 11.4 Å². The molecule has 1 fully saturated rings. The molecule has 0 radical (unpaired) electrons.